The van der Waals surface area contributed by atoms with Crippen LogP contribution in [0.15, 0.2) is 54.9 Å². The molecular formula is C42H47ClF2N8O4. The Kier molecular flexibility index (Phi) is 12.5. The summed E-state index contributed by atoms with van der Waals surface area (Å²) in [7, 11) is 5.06. The van der Waals surface area contributed by atoms with Crippen LogP contribution in [0.5, 0.6) is 5.88 Å². The van der Waals surface area contributed by atoms with Crippen LogP contribution in [0.4, 0.5) is 20.3 Å². The zero-order valence-corrected chi connectivity index (χ0v) is 33.3. The van der Waals surface area contributed by atoms with Gasteiger partial charge < -0.3 is 19.9 Å². The van der Waals surface area contributed by atoms with Crippen LogP contribution in [0.3, 0.4) is 0 Å². The molecule has 7 rings (SSSR count). The van der Waals surface area contributed by atoms with Gasteiger partial charge in [0.1, 0.15) is 11.2 Å². The average molecular weight is 801 g/mol. The third-order valence-corrected chi connectivity index (χ3v) is 11.6. The summed E-state index contributed by atoms with van der Waals surface area (Å²) >= 11 is 7.15. The number of aliphatic hydroxyl groups is 1. The largest absolute Gasteiger partial charge is 0.480 e. The maximum atomic E-state index is 14.1. The van der Waals surface area contributed by atoms with Gasteiger partial charge in [-0.1, -0.05) is 41.9 Å². The summed E-state index contributed by atoms with van der Waals surface area (Å²) in [5.41, 5.74) is 6.47. The van der Waals surface area contributed by atoms with Crippen molar-refractivity contribution in [3.05, 3.63) is 82.5 Å². The van der Waals surface area contributed by atoms with Crippen LogP contribution >= 0.6 is 11.6 Å². The zero-order chi connectivity index (χ0) is 40.2. The van der Waals surface area contributed by atoms with Crippen molar-refractivity contribution in [2.24, 2.45) is 5.92 Å². The number of benzene rings is 2. The smallest absolute Gasteiger partial charge is 0.308 e. The Morgan fingerprint density at radius 2 is 1.70 bits per heavy atom. The Bertz CT molecular complexity index is 2230. The lowest BCUT2D eigenvalue weighted by atomic mass is 9.85. The lowest BCUT2D eigenvalue weighted by molar-refractivity contribution is -0.146. The number of hydrogen-bond acceptors (Lipinski definition) is 12. The maximum absolute atomic E-state index is 14.1. The van der Waals surface area contributed by atoms with Crippen LogP contribution in [-0.4, -0.2) is 92.3 Å². The molecule has 1 saturated carbocycles. The molecule has 57 heavy (non-hydrogen) atoms. The van der Waals surface area contributed by atoms with Crippen LogP contribution in [-0.2, 0) is 22.6 Å². The summed E-state index contributed by atoms with van der Waals surface area (Å²) < 4.78 is 38.9. The van der Waals surface area contributed by atoms with Gasteiger partial charge in [-0.15, -0.1) is 0 Å². The van der Waals surface area contributed by atoms with Crippen LogP contribution < -0.4 is 10.1 Å². The molecule has 3 aromatic heterocycles. The van der Waals surface area contributed by atoms with Crippen LogP contribution in [0, 0.1) is 12.8 Å². The van der Waals surface area contributed by atoms with Crippen molar-refractivity contribution in [1.29, 1.82) is 0 Å². The number of aliphatic hydroxyl groups excluding tert-OH is 1. The van der Waals surface area contributed by atoms with E-state index in [1.807, 2.05) is 50.4 Å². The molecule has 0 radical (unpaired) electrons. The Labute approximate surface area is 335 Å². The predicted molar refractivity (Wildman–Crippen MR) is 215 cm³/mol. The van der Waals surface area contributed by atoms with E-state index in [2.05, 4.69) is 30.1 Å². The number of carbonyl (C=O) groups excluding carboxylic acids is 1. The molecule has 0 spiro atoms. The van der Waals surface area contributed by atoms with Gasteiger partial charge in [-0.05, 0) is 81.3 Å². The van der Waals surface area contributed by atoms with Gasteiger partial charge in [-0.25, -0.2) is 23.7 Å². The highest BCUT2D eigenvalue weighted by atomic mass is 35.5. The number of methoxy groups -OCH3 is 2. The molecule has 15 heteroatoms. The van der Waals surface area contributed by atoms with Gasteiger partial charge in [-0.2, -0.15) is 0 Å². The molecule has 1 aliphatic heterocycles. The van der Waals surface area contributed by atoms with E-state index in [1.54, 1.807) is 25.6 Å². The summed E-state index contributed by atoms with van der Waals surface area (Å²) in [6, 6.07) is 13.4. The summed E-state index contributed by atoms with van der Waals surface area (Å²) in [5, 5.41) is 13.6. The minimum atomic E-state index is -2.88. The molecule has 1 aliphatic carbocycles. The van der Waals surface area contributed by atoms with Crippen molar-refractivity contribution < 1.29 is 28.2 Å². The molecule has 2 fully saturated rings. The van der Waals surface area contributed by atoms with Crippen molar-refractivity contribution in [1.82, 2.24) is 34.7 Å². The first-order valence-electron chi connectivity index (χ1n) is 19.2. The molecule has 0 unspecified atom stereocenters. The summed E-state index contributed by atoms with van der Waals surface area (Å²) in [6.45, 7) is 4.52. The van der Waals surface area contributed by atoms with Crippen molar-refractivity contribution in [2.45, 2.75) is 77.1 Å². The molecule has 0 atom stereocenters. The van der Waals surface area contributed by atoms with Crippen molar-refractivity contribution in [3.63, 3.8) is 0 Å². The number of alkyl halides is 2. The minimum absolute atomic E-state index is 0.0462. The molecule has 0 bridgehead atoms. The quantitative estimate of drug-likeness (QED) is 0.119. The number of halogens is 3. The molecule has 0 amide bonds. The van der Waals surface area contributed by atoms with Crippen molar-refractivity contribution in [2.75, 3.05) is 39.7 Å². The van der Waals surface area contributed by atoms with Gasteiger partial charge in [0, 0.05) is 55.2 Å². The van der Waals surface area contributed by atoms with Crippen molar-refractivity contribution >= 4 is 40.1 Å². The predicted octanol–water partition coefficient (Wildman–Crippen LogP) is 7.92. The number of pyridine rings is 1. The highest BCUT2D eigenvalue weighted by Gasteiger charge is 2.30. The van der Waals surface area contributed by atoms with Crippen LogP contribution in [0.1, 0.15) is 67.6 Å². The third kappa shape index (κ3) is 8.99. The van der Waals surface area contributed by atoms with Crippen LogP contribution in [0.25, 0.3) is 33.4 Å². The number of esters is 1. The monoisotopic (exact) mass is 800 g/mol. The fourth-order valence-corrected chi connectivity index (χ4v) is 8.22. The van der Waals surface area contributed by atoms with E-state index in [-0.39, 0.29) is 23.8 Å². The van der Waals surface area contributed by atoms with E-state index in [4.69, 9.17) is 31.0 Å². The van der Waals surface area contributed by atoms with E-state index in [0.717, 1.165) is 61.0 Å². The lowest BCUT2D eigenvalue weighted by Crippen LogP contribution is -2.36. The van der Waals surface area contributed by atoms with E-state index in [9.17, 15) is 18.7 Å². The van der Waals surface area contributed by atoms with Gasteiger partial charge in [-0.3, -0.25) is 24.6 Å². The zero-order valence-electron chi connectivity index (χ0n) is 32.5. The number of aromatic nitrogens is 5. The number of hydrogen-bond donors (Lipinski definition) is 2. The molecule has 1 saturated heterocycles. The highest BCUT2D eigenvalue weighted by Crippen LogP contribution is 2.40. The normalized spacial score (nSPS) is 18.0. The van der Waals surface area contributed by atoms with Gasteiger partial charge in [0.05, 0.1) is 48.7 Å². The standard InChI is InChI=1S/C42H47ClF2N8O4/c1-24-29(7-6-10-32(24)48-39-37-33(49-40(51-39)38(44)45)19-25(20-47-37)22-53-17-15-28(54)16-18-53)30-8-5-9-31(36(30)43)34-21-46-35(41(50-34)56-3)23-52(2)27-13-11-26(12-14-27)42(55)57-4/h5-10,19-21,26-28,38,54H,11-18,22-23H2,1-4H3,(H,48,49,51). The third-order valence-electron chi connectivity index (χ3n) is 11.2. The maximum Gasteiger partial charge on any atom is 0.308 e. The molecule has 2 aliphatic rings. The first-order valence-corrected chi connectivity index (χ1v) is 19.6. The molecule has 2 N–H and O–H groups in total. The fraction of sp³-hybridized carbons (Fsp3) is 0.429. The molecule has 300 valence electrons. The second-order valence-corrected chi connectivity index (χ2v) is 15.3. The van der Waals surface area contributed by atoms with Gasteiger partial charge in [0.15, 0.2) is 11.6 Å². The number of nitrogens with one attached hydrogen (secondary N) is 1. The minimum Gasteiger partial charge on any atom is -0.480 e. The lowest BCUT2D eigenvalue weighted by Gasteiger charge is -2.33. The van der Waals surface area contributed by atoms with Gasteiger partial charge in [0.2, 0.25) is 5.88 Å². The summed E-state index contributed by atoms with van der Waals surface area (Å²) in [5.74, 6) is -0.201. The molecule has 2 aromatic carbocycles. The van der Waals surface area contributed by atoms with E-state index in [1.165, 1.54) is 7.11 Å². The molecule has 5 aromatic rings. The van der Waals surface area contributed by atoms with E-state index >= 15 is 0 Å². The van der Waals surface area contributed by atoms with Gasteiger partial charge in [0.25, 0.3) is 6.43 Å². The number of piperidine rings is 1. The number of rotatable bonds is 12. The van der Waals surface area contributed by atoms with Crippen LogP contribution in [0.2, 0.25) is 5.02 Å². The number of ether oxygens (including phenoxy) is 2. The summed E-state index contributed by atoms with van der Waals surface area (Å²) in [4.78, 5) is 39.0. The number of nitrogens with zero attached hydrogens (tertiary/aromatic N) is 7. The second kappa shape index (κ2) is 17.7. The van der Waals surface area contributed by atoms with E-state index < -0.39 is 12.2 Å². The Morgan fingerprint density at radius 3 is 2.42 bits per heavy atom. The number of anilines is 2. The molecular weight excluding hydrogens is 754 g/mol. The summed E-state index contributed by atoms with van der Waals surface area (Å²) in [6.07, 6.45) is 4.99. The second-order valence-electron chi connectivity index (χ2n) is 14.9. The number of carbonyl (C=O) groups is 1. The van der Waals surface area contributed by atoms with Gasteiger partial charge >= 0.3 is 5.97 Å². The topological polar surface area (TPSA) is 139 Å². The Balaban J connectivity index is 1.12. The first-order chi connectivity index (χ1) is 27.5. The fourth-order valence-electron chi connectivity index (χ4n) is 7.90. The number of likely N-dealkylation sites (tertiary alicyclic amines) is 1. The Hall–Kier alpha value is -4.89. The van der Waals surface area contributed by atoms with E-state index in [0.29, 0.717) is 76.5 Å². The molecule has 12 nitrogen and oxygen atoms in total. The Morgan fingerprint density at radius 1 is 0.982 bits per heavy atom. The SMILES string of the molecule is COC(=O)C1CCC(N(C)Cc2ncc(-c3cccc(-c4cccc(Nc5nc(C(F)F)nc6cc(CN7CCC(O)CC7)cnc56)c4C)c3Cl)nc2OC)CC1. The molecule has 4 heterocycles. The average Bonchev–Trinajstić information content (AvgIpc) is 3.22. The number of fused-ring (bicyclic) bond motifs is 1. The van der Waals surface area contributed by atoms with Crippen molar-refractivity contribution in [3.8, 4) is 28.3 Å². The highest BCUT2D eigenvalue weighted by molar-refractivity contribution is 6.36. The first kappa shape index (κ1) is 40.3.